The molecule has 0 radical (unpaired) electrons. The smallest absolute Gasteiger partial charge is 0.255 e. The molecule has 3 rings (SSSR count). The van der Waals surface area contributed by atoms with E-state index in [-0.39, 0.29) is 24.4 Å². The van der Waals surface area contributed by atoms with Crippen LogP contribution in [0.15, 0.2) is 29.0 Å². The third-order valence-corrected chi connectivity index (χ3v) is 5.76. The van der Waals surface area contributed by atoms with Crippen molar-refractivity contribution in [3.8, 4) is 0 Å². The second-order valence-corrected chi connectivity index (χ2v) is 8.87. The van der Waals surface area contributed by atoms with Crippen LogP contribution >= 0.6 is 0 Å². The van der Waals surface area contributed by atoms with E-state index in [4.69, 9.17) is 4.52 Å². The van der Waals surface area contributed by atoms with Crippen molar-refractivity contribution >= 4 is 15.9 Å². The van der Waals surface area contributed by atoms with Crippen molar-refractivity contribution in [3.63, 3.8) is 0 Å². The van der Waals surface area contributed by atoms with Gasteiger partial charge in [-0.2, -0.15) is 9.29 Å². The number of hydrogen-bond donors (Lipinski definition) is 0. The molecule has 0 aromatic carbocycles. The number of pyridine rings is 1. The molecule has 0 bridgehead atoms. The van der Waals surface area contributed by atoms with E-state index in [1.54, 1.807) is 23.2 Å². The summed E-state index contributed by atoms with van der Waals surface area (Å²) in [6, 6.07) is 3.14. The zero-order valence-electron chi connectivity index (χ0n) is 15.6. The van der Waals surface area contributed by atoms with Crippen molar-refractivity contribution in [2.24, 2.45) is 0 Å². The van der Waals surface area contributed by atoms with Gasteiger partial charge in [0.2, 0.25) is 15.9 Å². The lowest BCUT2D eigenvalue weighted by Gasteiger charge is -2.44. The molecule has 2 aromatic rings. The molecule has 10 heteroatoms. The fourth-order valence-electron chi connectivity index (χ4n) is 2.91. The van der Waals surface area contributed by atoms with Gasteiger partial charge in [0, 0.05) is 44.4 Å². The summed E-state index contributed by atoms with van der Waals surface area (Å²) in [5.74, 6) is 0.992. The van der Waals surface area contributed by atoms with Crippen LogP contribution in [-0.2, 0) is 16.4 Å². The van der Waals surface area contributed by atoms with Gasteiger partial charge in [0.1, 0.15) is 0 Å². The van der Waals surface area contributed by atoms with E-state index < -0.39 is 10.0 Å². The molecule has 1 saturated heterocycles. The van der Waals surface area contributed by atoms with Crippen molar-refractivity contribution in [2.45, 2.75) is 32.2 Å². The van der Waals surface area contributed by atoms with Gasteiger partial charge >= 0.3 is 0 Å². The molecule has 3 heterocycles. The molecular formula is C17H23N5O4S. The minimum Gasteiger partial charge on any atom is -0.339 e. The van der Waals surface area contributed by atoms with Gasteiger partial charge in [-0.3, -0.25) is 9.78 Å². The molecule has 1 fully saturated rings. The van der Waals surface area contributed by atoms with Gasteiger partial charge in [-0.15, -0.1) is 0 Å². The SMILES string of the molecule is CC(C)c1nc(CCN(C2CN(C(=O)c3cccnc3)C2)S(C)(=O)=O)no1. The van der Waals surface area contributed by atoms with Gasteiger partial charge in [-0.25, -0.2) is 8.42 Å². The molecule has 0 atom stereocenters. The molecule has 0 unspecified atom stereocenters. The van der Waals surface area contributed by atoms with Gasteiger partial charge in [0.05, 0.1) is 17.9 Å². The van der Waals surface area contributed by atoms with Gasteiger partial charge in [-0.1, -0.05) is 19.0 Å². The number of rotatable bonds is 7. The zero-order valence-corrected chi connectivity index (χ0v) is 16.4. The summed E-state index contributed by atoms with van der Waals surface area (Å²) in [4.78, 5) is 22.2. The summed E-state index contributed by atoms with van der Waals surface area (Å²) < 4.78 is 31.0. The number of carbonyl (C=O) groups excluding carboxylic acids is 1. The van der Waals surface area contributed by atoms with Gasteiger partial charge in [0.25, 0.3) is 5.91 Å². The predicted molar refractivity (Wildman–Crippen MR) is 97.6 cm³/mol. The molecule has 0 spiro atoms. The fourth-order valence-corrected chi connectivity index (χ4v) is 4.01. The Kier molecular flexibility index (Phi) is 5.56. The van der Waals surface area contributed by atoms with Crippen molar-refractivity contribution in [1.82, 2.24) is 24.3 Å². The Bertz CT molecular complexity index is 891. The third-order valence-electron chi connectivity index (χ3n) is 4.42. The Morgan fingerprint density at radius 1 is 1.41 bits per heavy atom. The standard InChI is InChI=1S/C17H23N5O4S/c1-12(2)16-19-15(20-26-16)6-8-22(27(3,24)25)14-10-21(11-14)17(23)13-5-4-7-18-9-13/h4-5,7,9,12,14H,6,8,10-11H2,1-3H3. The Morgan fingerprint density at radius 3 is 2.70 bits per heavy atom. The van der Waals surface area contributed by atoms with Crippen molar-refractivity contribution in [1.29, 1.82) is 0 Å². The molecule has 0 N–H and O–H groups in total. The first-order chi connectivity index (χ1) is 12.8. The van der Waals surface area contributed by atoms with E-state index in [1.165, 1.54) is 16.8 Å². The Hall–Kier alpha value is -2.33. The zero-order chi connectivity index (χ0) is 19.6. The summed E-state index contributed by atoms with van der Waals surface area (Å²) >= 11 is 0. The lowest BCUT2D eigenvalue weighted by molar-refractivity contribution is 0.0453. The van der Waals surface area contributed by atoms with Crippen LogP contribution in [0.1, 0.15) is 41.8 Å². The molecule has 1 amide bonds. The highest BCUT2D eigenvalue weighted by Crippen LogP contribution is 2.21. The largest absolute Gasteiger partial charge is 0.339 e. The van der Waals surface area contributed by atoms with Crippen LogP contribution in [0.2, 0.25) is 0 Å². The maximum absolute atomic E-state index is 12.4. The molecule has 146 valence electrons. The Morgan fingerprint density at radius 2 is 2.15 bits per heavy atom. The minimum atomic E-state index is -3.42. The first-order valence-electron chi connectivity index (χ1n) is 8.74. The van der Waals surface area contributed by atoms with Crippen LogP contribution in [0.4, 0.5) is 0 Å². The van der Waals surface area contributed by atoms with E-state index in [2.05, 4.69) is 15.1 Å². The van der Waals surface area contributed by atoms with E-state index in [1.807, 2.05) is 13.8 Å². The van der Waals surface area contributed by atoms with Crippen LogP contribution in [0.25, 0.3) is 0 Å². The number of sulfonamides is 1. The molecule has 9 nitrogen and oxygen atoms in total. The van der Waals surface area contributed by atoms with Gasteiger partial charge in [0.15, 0.2) is 5.82 Å². The molecule has 0 saturated carbocycles. The molecule has 2 aromatic heterocycles. The number of aromatic nitrogens is 3. The third kappa shape index (κ3) is 4.51. The van der Waals surface area contributed by atoms with E-state index in [9.17, 15) is 13.2 Å². The second kappa shape index (κ2) is 7.73. The Labute approximate surface area is 158 Å². The number of likely N-dealkylation sites (tertiary alicyclic amines) is 1. The number of hydrogen-bond acceptors (Lipinski definition) is 7. The molecular weight excluding hydrogens is 370 g/mol. The summed E-state index contributed by atoms with van der Waals surface area (Å²) in [5.41, 5.74) is 0.495. The highest BCUT2D eigenvalue weighted by molar-refractivity contribution is 7.88. The molecule has 0 aliphatic carbocycles. The lowest BCUT2D eigenvalue weighted by Crippen LogP contribution is -2.62. The highest BCUT2D eigenvalue weighted by Gasteiger charge is 2.39. The highest BCUT2D eigenvalue weighted by atomic mass is 32.2. The van der Waals surface area contributed by atoms with Crippen LogP contribution in [0.5, 0.6) is 0 Å². The van der Waals surface area contributed by atoms with Crippen LogP contribution in [-0.4, -0.2) is 70.6 Å². The molecule has 1 aliphatic rings. The number of amides is 1. The summed E-state index contributed by atoms with van der Waals surface area (Å²) in [6.45, 7) is 4.84. The van der Waals surface area contributed by atoms with Crippen LogP contribution < -0.4 is 0 Å². The van der Waals surface area contributed by atoms with E-state index in [0.29, 0.717) is 36.8 Å². The summed E-state index contributed by atoms with van der Waals surface area (Å²) in [5, 5.41) is 3.90. The average Bonchev–Trinajstić information content (AvgIpc) is 3.05. The van der Waals surface area contributed by atoms with Crippen molar-refractivity contribution < 1.29 is 17.7 Å². The van der Waals surface area contributed by atoms with Gasteiger partial charge in [-0.05, 0) is 12.1 Å². The maximum atomic E-state index is 12.4. The Balaban J connectivity index is 1.60. The van der Waals surface area contributed by atoms with Crippen molar-refractivity contribution in [2.75, 3.05) is 25.9 Å². The average molecular weight is 393 g/mol. The quantitative estimate of drug-likeness (QED) is 0.688. The van der Waals surface area contributed by atoms with Crippen LogP contribution in [0, 0.1) is 0 Å². The summed E-state index contributed by atoms with van der Waals surface area (Å²) in [6.07, 6.45) is 4.64. The van der Waals surface area contributed by atoms with E-state index >= 15 is 0 Å². The van der Waals surface area contributed by atoms with Crippen LogP contribution in [0.3, 0.4) is 0 Å². The minimum absolute atomic E-state index is 0.121. The molecule has 27 heavy (non-hydrogen) atoms. The lowest BCUT2D eigenvalue weighted by atomic mass is 10.1. The monoisotopic (exact) mass is 393 g/mol. The summed E-state index contributed by atoms with van der Waals surface area (Å²) in [7, 11) is -3.42. The van der Waals surface area contributed by atoms with Crippen molar-refractivity contribution in [3.05, 3.63) is 41.8 Å². The molecule has 1 aliphatic heterocycles. The fraction of sp³-hybridized carbons (Fsp3) is 0.529. The number of carbonyl (C=O) groups is 1. The number of nitrogens with zero attached hydrogens (tertiary/aromatic N) is 5. The predicted octanol–water partition coefficient (Wildman–Crippen LogP) is 0.917. The van der Waals surface area contributed by atoms with E-state index in [0.717, 1.165) is 0 Å². The first-order valence-corrected chi connectivity index (χ1v) is 10.6. The second-order valence-electron chi connectivity index (χ2n) is 6.93. The maximum Gasteiger partial charge on any atom is 0.255 e. The normalized spacial score (nSPS) is 15.4. The first kappa shape index (κ1) is 19.4. The topological polar surface area (TPSA) is 110 Å². The van der Waals surface area contributed by atoms with Gasteiger partial charge < -0.3 is 9.42 Å².